The maximum atomic E-state index is 11.4. The quantitative estimate of drug-likeness (QED) is 0.764. The summed E-state index contributed by atoms with van der Waals surface area (Å²) in [5.74, 6) is -0.921. The van der Waals surface area contributed by atoms with Gasteiger partial charge >= 0.3 is 12.0 Å². The van der Waals surface area contributed by atoms with Crippen molar-refractivity contribution in [3.8, 4) is 0 Å². The van der Waals surface area contributed by atoms with E-state index in [0.29, 0.717) is 6.54 Å². The second-order valence-corrected chi connectivity index (χ2v) is 5.24. The lowest BCUT2D eigenvalue weighted by atomic mass is 10.1. The summed E-state index contributed by atoms with van der Waals surface area (Å²) >= 11 is 1.70. The van der Waals surface area contributed by atoms with Crippen LogP contribution in [0.2, 0.25) is 0 Å². The van der Waals surface area contributed by atoms with Gasteiger partial charge in [0.2, 0.25) is 0 Å². The number of amides is 2. The summed E-state index contributed by atoms with van der Waals surface area (Å²) in [7, 11) is 0. The predicted octanol–water partition coefficient (Wildman–Crippen LogP) is 2.22. The average Bonchev–Trinajstić information content (AvgIpc) is 2.82. The lowest BCUT2D eigenvalue weighted by Crippen LogP contribution is -2.37. The number of thiophene rings is 1. The van der Waals surface area contributed by atoms with Gasteiger partial charge in [-0.3, -0.25) is 4.79 Å². The second-order valence-electron chi connectivity index (χ2n) is 4.33. The van der Waals surface area contributed by atoms with Gasteiger partial charge in [-0.15, -0.1) is 11.3 Å². The van der Waals surface area contributed by atoms with E-state index in [1.807, 2.05) is 12.1 Å². The largest absolute Gasteiger partial charge is 0.481 e. The molecular formula is C14H16N2O3S. The van der Waals surface area contributed by atoms with Gasteiger partial charge < -0.3 is 15.7 Å². The van der Waals surface area contributed by atoms with Crippen molar-refractivity contribution in [1.29, 1.82) is 0 Å². The van der Waals surface area contributed by atoms with Crippen LogP contribution in [0.3, 0.4) is 0 Å². The molecule has 20 heavy (non-hydrogen) atoms. The highest BCUT2D eigenvalue weighted by molar-refractivity contribution is 7.17. The second kappa shape index (κ2) is 6.91. The molecule has 0 unspecified atom stereocenters. The van der Waals surface area contributed by atoms with Gasteiger partial charge in [0.1, 0.15) is 0 Å². The number of carboxylic acids is 1. The molecule has 3 N–H and O–H groups in total. The van der Waals surface area contributed by atoms with E-state index in [2.05, 4.69) is 28.1 Å². The van der Waals surface area contributed by atoms with Crippen molar-refractivity contribution in [3.63, 3.8) is 0 Å². The Labute approximate surface area is 120 Å². The zero-order valence-electron chi connectivity index (χ0n) is 10.9. The molecule has 1 heterocycles. The molecular weight excluding hydrogens is 276 g/mol. The summed E-state index contributed by atoms with van der Waals surface area (Å²) in [4.78, 5) is 21.7. The minimum atomic E-state index is -0.921. The van der Waals surface area contributed by atoms with Crippen molar-refractivity contribution in [1.82, 2.24) is 10.6 Å². The van der Waals surface area contributed by atoms with Crippen molar-refractivity contribution in [2.45, 2.75) is 12.8 Å². The van der Waals surface area contributed by atoms with E-state index in [1.165, 1.54) is 15.6 Å². The Bertz CT molecular complexity index is 609. The van der Waals surface area contributed by atoms with Crippen LogP contribution >= 0.6 is 11.3 Å². The molecule has 5 nitrogen and oxygen atoms in total. The standard InChI is InChI=1S/C14H16N2O3S/c17-13(18)6-8-16-14(19)15-7-5-10-9-20-12-4-2-1-3-11(10)12/h1-4,9H,5-8H2,(H,17,18)(H2,15,16,19). The molecule has 0 spiro atoms. The van der Waals surface area contributed by atoms with Crippen LogP contribution < -0.4 is 10.6 Å². The van der Waals surface area contributed by atoms with E-state index < -0.39 is 5.97 Å². The fraction of sp³-hybridized carbons (Fsp3) is 0.286. The lowest BCUT2D eigenvalue weighted by molar-refractivity contribution is -0.136. The van der Waals surface area contributed by atoms with Gasteiger partial charge in [0.05, 0.1) is 6.42 Å². The van der Waals surface area contributed by atoms with Gasteiger partial charge in [0.25, 0.3) is 0 Å². The zero-order valence-corrected chi connectivity index (χ0v) is 11.7. The molecule has 0 aliphatic carbocycles. The van der Waals surface area contributed by atoms with E-state index in [4.69, 9.17) is 5.11 Å². The molecule has 2 rings (SSSR count). The highest BCUT2D eigenvalue weighted by Gasteiger charge is 2.05. The van der Waals surface area contributed by atoms with Gasteiger partial charge in [-0.25, -0.2) is 4.79 Å². The van der Waals surface area contributed by atoms with Crippen LogP contribution in [0.15, 0.2) is 29.6 Å². The Morgan fingerprint density at radius 3 is 2.70 bits per heavy atom. The minimum Gasteiger partial charge on any atom is -0.481 e. The molecule has 0 atom stereocenters. The fourth-order valence-electron chi connectivity index (χ4n) is 1.88. The molecule has 0 fully saturated rings. The van der Waals surface area contributed by atoms with Crippen LogP contribution in [0, 0.1) is 0 Å². The molecule has 106 valence electrons. The summed E-state index contributed by atoms with van der Waals surface area (Å²) in [6.45, 7) is 0.669. The van der Waals surface area contributed by atoms with E-state index >= 15 is 0 Å². The normalized spacial score (nSPS) is 10.4. The molecule has 0 bridgehead atoms. The van der Waals surface area contributed by atoms with E-state index in [0.717, 1.165) is 6.42 Å². The van der Waals surface area contributed by atoms with Gasteiger partial charge in [0, 0.05) is 17.8 Å². The molecule has 0 radical (unpaired) electrons. The first-order valence-corrected chi connectivity index (χ1v) is 7.23. The molecule has 1 aromatic carbocycles. The molecule has 0 aliphatic heterocycles. The van der Waals surface area contributed by atoms with Crippen molar-refractivity contribution in [2.75, 3.05) is 13.1 Å². The minimum absolute atomic E-state index is 0.0669. The first-order chi connectivity index (χ1) is 9.66. The van der Waals surface area contributed by atoms with Gasteiger partial charge in [0.15, 0.2) is 0 Å². The third-order valence-corrected chi connectivity index (χ3v) is 3.88. The average molecular weight is 292 g/mol. The summed E-state index contributed by atoms with van der Waals surface area (Å²) in [5.41, 5.74) is 1.22. The third-order valence-electron chi connectivity index (χ3n) is 2.87. The SMILES string of the molecule is O=C(O)CCNC(=O)NCCc1csc2ccccc12. The molecule has 0 saturated carbocycles. The summed E-state index contributed by atoms with van der Waals surface area (Å²) in [6.07, 6.45) is 0.693. The highest BCUT2D eigenvalue weighted by atomic mass is 32.1. The van der Waals surface area contributed by atoms with Gasteiger partial charge in [-0.05, 0) is 28.8 Å². The predicted molar refractivity (Wildman–Crippen MR) is 79.2 cm³/mol. The Hall–Kier alpha value is -2.08. The molecule has 0 saturated heterocycles. The third kappa shape index (κ3) is 3.96. The number of carbonyl (C=O) groups excluding carboxylic acids is 1. The molecule has 2 aromatic rings. The Morgan fingerprint density at radius 2 is 1.90 bits per heavy atom. The number of carboxylic acid groups (broad SMARTS) is 1. The lowest BCUT2D eigenvalue weighted by Gasteiger charge is -2.06. The van der Waals surface area contributed by atoms with E-state index in [9.17, 15) is 9.59 Å². The maximum absolute atomic E-state index is 11.4. The fourth-order valence-corrected chi connectivity index (χ4v) is 2.88. The number of benzene rings is 1. The molecule has 1 aromatic heterocycles. The summed E-state index contributed by atoms with van der Waals surface area (Å²) in [6, 6.07) is 7.84. The molecule has 0 aliphatic rings. The number of fused-ring (bicyclic) bond motifs is 1. The van der Waals surface area contributed by atoms with Crippen LogP contribution in [0.1, 0.15) is 12.0 Å². The summed E-state index contributed by atoms with van der Waals surface area (Å²) in [5, 5.41) is 17.0. The zero-order chi connectivity index (χ0) is 14.4. The number of aliphatic carboxylic acids is 1. The Kier molecular flexibility index (Phi) is 4.95. The maximum Gasteiger partial charge on any atom is 0.314 e. The number of hydrogen-bond donors (Lipinski definition) is 3. The van der Waals surface area contributed by atoms with E-state index in [-0.39, 0.29) is 19.0 Å². The topological polar surface area (TPSA) is 78.4 Å². The first-order valence-electron chi connectivity index (χ1n) is 6.35. The van der Waals surface area contributed by atoms with Crippen molar-refractivity contribution < 1.29 is 14.7 Å². The van der Waals surface area contributed by atoms with Crippen molar-refractivity contribution >= 4 is 33.4 Å². The van der Waals surface area contributed by atoms with Crippen LogP contribution in [-0.2, 0) is 11.2 Å². The number of hydrogen-bond acceptors (Lipinski definition) is 3. The number of urea groups is 1. The van der Waals surface area contributed by atoms with Crippen LogP contribution in [-0.4, -0.2) is 30.2 Å². The Balaban J connectivity index is 1.75. The van der Waals surface area contributed by atoms with Gasteiger partial charge in [-0.2, -0.15) is 0 Å². The number of rotatable bonds is 6. The monoisotopic (exact) mass is 292 g/mol. The molecule has 6 heteroatoms. The first kappa shape index (κ1) is 14.3. The molecule has 2 amide bonds. The smallest absolute Gasteiger partial charge is 0.314 e. The summed E-state index contributed by atoms with van der Waals surface area (Å²) < 4.78 is 1.24. The van der Waals surface area contributed by atoms with Crippen molar-refractivity contribution in [2.24, 2.45) is 0 Å². The van der Waals surface area contributed by atoms with Crippen LogP contribution in [0.4, 0.5) is 4.79 Å². The van der Waals surface area contributed by atoms with Crippen LogP contribution in [0.5, 0.6) is 0 Å². The van der Waals surface area contributed by atoms with Crippen LogP contribution in [0.25, 0.3) is 10.1 Å². The Morgan fingerprint density at radius 1 is 1.15 bits per heavy atom. The van der Waals surface area contributed by atoms with Gasteiger partial charge in [-0.1, -0.05) is 18.2 Å². The van der Waals surface area contributed by atoms with E-state index in [1.54, 1.807) is 11.3 Å². The van der Waals surface area contributed by atoms with Crippen molar-refractivity contribution in [3.05, 3.63) is 35.2 Å². The number of carbonyl (C=O) groups is 2. The number of nitrogens with one attached hydrogen (secondary N) is 2. The highest BCUT2D eigenvalue weighted by Crippen LogP contribution is 2.25.